The molecule has 0 spiro atoms. The zero-order valence-corrected chi connectivity index (χ0v) is 6.43. The van der Waals surface area contributed by atoms with Gasteiger partial charge in [-0.05, 0) is 18.8 Å². The predicted molar refractivity (Wildman–Crippen MR) is 42.2 cm³/mol. The molecule has 1 heteroatoms. The van der Waals surface area contributed by atoms with Gasteiger partial charge in [0.2, 0.25) is 0 Å². The van der Waals surface area contributed by atoms with Crippen molar-refractivity contribution in [3.8, 4) is 0 Å². The van der Waals surface area contributed by atoms with Crippen molar-refractivity contribution in [3.05, 3.63) is 12.7 Å². The van der Waals surface area contributed by atoms with E-state index in [1.807, 2.05) is 6.08 Å². The summed E-state index contributed by atoms with van der Waals surface area (Å²) in [5, 5.41) is 0. The van der Waals surface area contributed by atoms with E-state index in [2.05, 4.69) is 20.4 Å². The van der Waals surface area contributed by atoms with E-state index < -0.39 is 0 Å². The van der Waals surface area contributed by atoms with Crippen molar-refractivity contribution in [2.45, 2.75) is 32.7 Å². The Hall–Kier alpha value is -0.300. The highest BCUT2D eigenvalue weighted by Crippen LogP contribution is 2.04. The fourth-order valence-electron chi connectivity index (χ4n) is 0.916. The second kappa shape index (κ2) is 4.57. The predicted octanol–water partition coefficient (Wildman–Crippen LogP) is 1.94. The summed E-state index contributed by atoms with van der Waals surface area (Å²) in [5.74, 6) is 0.708. The zero-order chi connectivity index (χ0) is 7.28. The normalized spacial score (nSPS) is 13.8. The lowest BCUT2D eigenvalue weighted by Crippen LogP contribution is -2.20. The lowest BCUT2D eigenvalue weighted by atomic mass is 10.0. The molecule has 0 fully saturated rings. The molecule has 0 radical (unpaired) electrons. The largest absolute Gasteiger partial charge is 0.327 e. The van der Waals surface area contributed by atoms with Crippen molar-refractivity contribution in [2.75, 3.05) is 0 Å². The first-order valence-corrected chi connectivity index (χ1v) is 3.53. The van der Waals surface area contributed by atoms with Gasteiger partial charge in [-0.1, -0.05) is 19.9 Å². The molecule has 54 valence electrons. The molecule has 0 aliphatic heterocycles. The molecular formula is C8H17N. The highest BCUT2D eigenvalue weighted by atomic mass is 14.6. The SMILES string of the molecule is C=CC[C@@H](N)CC(C)C. The van der Waals surface area contributed by atoms with E-state index in [-0.39, 0.29) is 0 Å². The van der Waals surface area contributed by atoms with E-state index in [0.29, 0.717) is 12.0 Å². The van der Waals surface area contributed by atoms with Gasteiger partial charge in [0.15, 0.2) is 0 Å². The summed E-state index contributed by atoms with van der Waals surface area (Å²) in [4.78, 5) is 0. The maximum Gasteiger partial charge on any atom is 0.00757 e. The molecule has 2 N–H and O–H groups in total. The third-order valence-electron chi connectivity index (χ3n) is 1.24. The Morgan fingerprint density at radius 1 is 1.56 bits per heavy atom. The maximum atomic E-state index is 5.71. The van der Waals surface area contributed by atoms with Crippen LogP contribution in [0, 0.1) is 5.92 Å². The van der Waals surface area contributed by atoms with Crippen molar-refractivity contribution in [1.29, 1.82) is 0 Å². The summed E-state index contributed by atoms with van der Waals surface area (Å²) >= 11 is 0. The highest BCUT2D eigenvalue weighted by Gasteiger charge is 2.01. The quantitative estimate of drug-likeness (QED) is 0.574. The van der Waals surface area contributed by atoms with E-state index in [0.717, 1.165) is 12.8 Å². The van der Waals surface area contributed by atoms with Gasteiger partial charge >= 0.3 is 0 Å². The first-order valence-electron chi connectivity index (χ1n) is 3.53. The van der Waals surface area contributed by atoms with E-state index in [4.69, 9.17) is 5.73 Å². The molecule has 0 aliphatic carbocycles. The van der Waals surface area contributed by atoms with Crippen LogP contribution in [0.2, 0.25) is 0 Å². The molecule has 0 unspecified atom stereocenters. The van der Waals surface area contributed by atoms with Crippen LogP contribution in [-0.4, -0.2) is 6.04 Å². The van der Waals surface area contributed by atoms with E-state index >= 15 is 0 Å². The van der Waals surface area contributed by atoms with Gasteiger partial charge in [-0.3, -0.25) is 0 Å². The van der Waals surface area contributed by atoms with Crippen LogP contribution in [-0.2, 0) is 0 Å². The summed E-state index contributed by atoms with van der Waals surface area (Å²) in [6, 6.07) is 0.322. The summed E-state index contributed by atoms with van der Waals surface area (Å²) in [7, 11) is 0. The minimum atomic E-state index is 0.322. The highest BCUT2D eigenvalue weighted by molar-refractivity contribution is 4.75. The monoisotopic (exact) mass is 127 g/mol. The Labute approximate surface area is 57.9 Å². The first kappa shape index (κ1) is 8.70. The molecule has 1 nitrogen and oxygen atoms in total. The van der Waals surface area contributed by atoms with Crippen LogP contribution in [0.1, 0.15) is 26.7 Å². The van der Waals surface area contributed by atoms with Crippen LogP contribution in [0.25, 0.3) is 0 Å². The summed E-state index contributed by atoms with van der Waals surface area (Å²) in [6.45, 7) is 7.99. The molecule has 0 aromatic heterocycles. The van der Waals surface area contributed by atoms with E-state index in [9.17, 15) is 0 Å². The van der Waals surface area contributed by atoms with Crippen molar-refractivity contribution < 1.29 is 0 Å². The second-order valence-electron chi connectivity index (χ2n) is 2.91. The summed E-state index contributed by atoms with van der Waals surface area (Å²) in [5.41, 5.74) is 5.71. The Bertz CT molecular complexity index is 76.6. The van der Waals surface area contributed by atoms with Crippen LogP contribution < -0.4 is 5.73 Å². The number of nitrogens with two attached hydrogens (primary N) is 1. The Morgan fingerprint density at radius 3 is 2.44 bits per heavy atom. The Morgan fingerprint density at radius 2 is 2.11 bits per heavy atom. The third-order valence-corrected chi connectivity index (χ3v) is 1.24. The van der Waals surface area contributed by atoms with Gasteiger partial charge < -0.3 is 5.73 Å². The van der Waals surface area contributed by atoms with Crippen LogP contribution >= 0.6 is 0 Å². The topological polar surface area (TPSA) is 26.0 Å². The molecule has 0 rings (SSSR count). The molecule has 0 heterocycles. The number of hydrogen-bond acceptors (Lipinski definition) is 1. The molecule has 9 heavy (non-hydrogen) atoms. The third kappa shape index (κ3) is 5.57. The minimum Gasteiger partial charge on any atom is -0.327 e. The average Bonchev–Trinajstić information content (AvgIpc) is 1.63. The molecule has 0 saturated heterocycles. The maximum absolute atomic E-state index is 5.71. The van der Waals surface area contributed by atoms with Gasteiger partial charge in [0, 0.05) is 6.04 Å². The summed E-state index contributed by atoms with van der Waals surface area (Å²) in [6.07, 6.45) is 3.93. The van der Waals surface area contributed by atoms with Crippen molar-refractivity contribution in [1.82, 2.24) is 0 Å². The van der Waals surface area contributed by atoms with Crippen molar-refractivity contribution >= 4 is 0 Å². The van der Waals surface area contributed by atoms with Crippen LogP contribution in [0.4, 0.5) is 0 Å². The number of rotatable bonds is 4. The average molecular weight is 127 g/mol. The fourth-order valence-corrected chi connectivity index (χ4v) is 0.916. The zero-order valence-electron chi connectivity index (χ0n) is 6.43. The molecule has 1 atom stereocenters. The van der Waals surface area contributed by atoms with Crippen molar-refractivity contribution in [2.24, 2.45) is 11.7 Å². The van der Waals surface area contributed by atoms with Crippen molar-refractivity contribution in [3.63, 3.8) is 0 Å². The Balaban J connectivity index is 3.25. The minimum absolute atomic E-state index is 0.322. The summed E-state index contributed by atoms with van der Waals surface area (Å²) < 4.78 is 0. The van der Waals surface area contributed by atoms with Crippen LogP contribution in [0.5, 0.6) is 0 Å². The molecule has 0 bridgehead atoms. The first-order chi connectivity index (χ1) is 4.16. The van der Waals surface area contributed by atoms with E-state index in [1.54, 1.807) is 0 Å². The molecular weight excluding hydrogens is 110 g/mol. The van der Waals surface area contributed by atoms with Gasteiger partial charge in [0.1, 0.15) is 0 Å². The standard InChI is InChI=1S/C8H17N/c1-4-5-8(9)6-7(2)3/h4,7-8H,1,5-6,9H2,2-3H3/t8-/m1/s1. The molecule has 0 aromatic carbocycles. The fraction of sp³-hybridized carbons (Fsp3) is 0.750. The van der Waals surface area contributed by atoms with E-state index in [1.165, 1.54) is 0 Å². The van der Waals surface area contributed by atoms with Gasteiger partial charge in [0.05, 0.1) is 0 Å². The lowest BCUT2D eigenvalue weighted by molar-refractivity contribution is 0.498. The van der Waals surface area contributed by atoms with Crippen LogP contribution in [0.15, 0.2) is 12.7 Å². The van der Waals surface area contributed by atoms with Gasteiger partial charge in [0.25, 0.3) is 0 Å². The molecule has 0 saturated carbocycles. The van der Waals surface area contributed by atoms with Crippen LogP contribution in [0.3, 0.4) is 0 Å². The molecule has 0 amide bonds. The van der Waals surface area contributed by atoms with Gasteiger partial charge in [-0.15, -0.1) is 6.58 Å². The Kier molecular flexibility index (Phi) is 4.41. The molecule has 0 aliphatic rings. The lowest BCUT2D eigenvalue weighted by Gasteiger charge is -2.10. The molecule has 0 aromatic rings. The van der Waals surface area contributed by atoms with Gasteiger partial charge in [-0.25, -0.2) is 0 Å². The smallest absolute Gasteiger partial charge is 0.00757 e. The number of hydrogen-bond donors (Lipinski definition) is 1. The van der Waals surface area contributed by atoms with Gasteiger partial charge in [-0.2, -0.15) is 0 Å². The second-order valence-corrected chi connectivity index (χ2v) is 2.91.